The summed E-state index contributed by atoms with van der Waals surface area (Å²) in [5, 5.41) is 13.3. The molecule has 0 unspecified atom stereocenters. The van der Waals surface area contributed by atoms with Gasteiger partial charge in [0.2, 0.25) is 5.91 Å². The minimum absolute atomic E-state index is 0.00986. The molecule has 178 valence electrons. The first-order chi connectivity index (χ1) is 17.0. The van der Waals surface area contributed by atoms with Gasteiger partial charge in [0.15, 0.2) is 11.6 Å². The fourth-order valence-electron chi connectivity index (χ4n) is 4.22. The first kappa shape index (κ1) is 22.5. The maximum atomic E-state index is 12.6. The Morgan fingerprint density at radius 3 is 2.49 bits per heavy atom. The van der Waals surface area contributed by atoms with Gasteiger partial charge in [-0.25, -0.2) is 15.0 Å². The minimum atomic E-state index is 0.00986. The van der Waals surface area contributed by atoms with Crippen LogP contribution in [0.3, 0.4) is 0 Å². The highest BCUT2D eigenvalue weighted by molar-refractivity contribution is 5.92. The zero-order valence-electron chi connectivity index (χ0n) is 19.8. The van der Waals surface area contributed by atoms with E-state index in [-0.39, 0.29) is 11.8 Å². The van der Waals surface area contributed by atoms with Gasteiger partial charge in [0.05, 0.1) is 0 Å². The highest BCUT2D eigenvalue weighted by Crippen LogP contribution is 2.25. The molecule has 0 aliphatic carbocycles. The highest BCUT2D eigenvalue weighted by Gasteiger charge is 2.25. The lowest BCUT2D eigenvalue weighted by atomic mass is 9.95. The topological polar surface area (TPSA) is 112 Å². The summed E-state index contributed by atoms with van der Waals surface area (Å²) in [6.07, 6.45) is 3.40. The summed E-state index contributed by atoms with van der Waals surface area (Å²) in [5.41, 5.74) is 3.51. The van der Waals surface area contributed by atoms with Crippen molar-refractivity contribution in [1.82, 2.24) is 25.1 Å². The maximum absolute atomic E-state index is 12.6. The van der Waals surface area contributed by atoms with Gasteiger partial charge < -0.3 is 15.5 Å². The third kappa shape index (κ3) is 5.46. The van der Waals surface area contributed by atoms with Crippen LogP contribution in [0.25, 0.3) is 11.4 Å². The van der Waals surface area contributed by atoms with Crippen molar-refractivity contribution in [3.63, 3.8) is 0 Å². The smallest absolute Gasteiger partial charge is 0.227 e. The number of anilines is 4. The molecule has 35 heavy (non-hydrogen) atoms. The lowest BCUT2D eigenvalue weighted by Crippen LogP contribution is -2.38. The van der Waals surface area contributed by atoms with E-state index in [0.717, 1.165) is 54.4 Å². The van der Waals surface area contributed by atoms with E-state index in [0.29, 0.717) is 17.5 Å². The molecular weight excluding hydrogens is 440 g/mol. The van der Waals surface area contributed by atoms with Crippen molar-refractivity contribution in [2.75, 3.05) is 28.6 Å². The van der Waals surface area contributed by atoms with E-state index in [1.807, 2.05) is 68.4 Å². The summed E-state index contributed by atoms with van der Waals surface area (Å²) in [6.45, 7) is 5.46. The zero-order valence-corrected chi connectivity index (χ0v) is 19.8. The van der Waals surface area contributed by atoms with Crippen molar-refractivity contribution in [2.24, 2.45) is 5.92 Å². The Hall–Kier alpha value is -4.27. The Kier molecular flexibility index (Phi) is 6.38. The van der Waals surface area contributed by atoms with Crippen LogP contribution < -0.4 is 15.5 Å². The number of aromatic amines is 1. The fourth-order valence-corrected chi connectivity index (χ4v) is 4.22. The first-order valence-corrected chi connectivity index (χ1v) is 11.8. The summed E-state index contributed by atoms with van der Waals surface area (Å²) in [6, 6.07) is 17.4. The monoisotopic (exact) mass is 468 g/mol. The predicted molar refractivity (Wildman–Crippen MR) is 137 cm³/mol. The van der Waals surface area contributed by atoms with Crippen LogP contribution in [-0.2, 0) is 4.79 Å². The van der Waals surface area contributed by atoms with Crippen LogP contribution in [0.2, 0.25) is 0 Å². The van der Waals surface area contributed by atoms with Gasteiger partial charge in [-0.3, -0.25) is 9.89 Å². The predicted octanol–water partition coefficient (Wildman–Crippen LogP) is 4.48. The number of nitrogens with one attached hydrogen (secondary N) is 3. The molecule has 9 heteroatoms. The number of para-hydroxylation sites is 1. The Morgan fingerprint density at radius 1 is 1.00 bits per heavy atom. The number of rotatable bonds is 6. The number of pyridine rings is 1. The molecule has 3 N–H and O–H groups in total. The molecule has 1 aliphatic rings. The number of hydrogen-bond donors (Lipinski definition) is 3. The largest absolute Gasteiger partial charge is 0.357 e. The third-order valence-electron chi connectivity index (χ3n) is 6.05. The quantitative estimate of drug-likeness (QED) is 0.383. The van der Waals surface area contributed by atoms with Crippen molar-refractivity contribution < 1.29 is 4.79 Å². The van der Waals surface area contributed by atoms with E-state index in [2.05, 4.69) is 40.7 Å². The summed E-state index contributed by atoms with van der Waals surface area (Å²) < 4.78 is 0. The second-order valence-electron chi connectivity index (χ2n) is 8.80. The first-order valence-electron chi connectivity index (χ1n) is 11.8. The summed E-state index contributed by atoms with van der Waals surface area (Å²) in [7, 11) is 0. The molecular formula is C26H28N8O. The minimum Gasteiger partial charge on any atom is -0.357 e. The lowest BCUT2D eigenvalue weighted by Gasteiger charge is -2.32. The van der Waals surface area contributed by atoms with Gasteiger partial charge in [-0.05, 0) is 51.0 Å². The zero-order chi connectivity index (χ0) is 24.2. The summed E-state index contributed by atoms with van der Waals surface area (Å²) in [4.78, 5) is 28.7. The fraction of sp³-hybridized carbons (Fsp3) is 0.269. The van der Waals surface area contributed by atoms with E-state index in [4.69, 9.17) is 0 Å². The average Bonchev–Trinajstić information content (AvgIpc) is 3.28. The average molecular weight is 469 g/mol. The van der Waals surface area contributed by atoms with Crippen molar-refractivity contribution in [3.8, 4) is 11.4 Å². The molecule has 0 saturated carbocycles. The molecule has 0 radical (unpaired) electrons. The Labute approximate surface area is 204 Å². The molecule has 1 fully saturated rings. The molecule has 4 heterocycles. The normalized spacial score (nSPS) is 14.1. The lowest BCUT2D eigenvalue weighted by molar-refractivity contribution is -0.120. The van der Waals surface area contributed by atoms with Crippen molar-refractivity contribution in [3.05, 3.63) is 72.2 Å². The molecule has 0 bridgehead atoms. The number of aryl methyl sites for hydroxylation is 2. The van der Waals surface area contributed by atoms with Crippen molar-refractivity contribution in [2.45, 2.75) is 26.7 Å². The van der Waals surface area contributed by atoms with Gasteiger partial charge in [-0.1, -0.05) is 18.2 Å². The van der Waals surface area contributed by atoms with Crippen LogP contribution in [-0.4, -0.2) is 44.1 Å². The maximum Gasteiger partial charge on any atom is 0.227 e. The van der Waals surface area contributed by atoms with E-state index in [1.165, 1.54) is 0 Å². The van der Waals surface area contributed by atoms with E-state index in [1.54, 1.807) is 6.20 Å². The summed E-state index contributed by atoms with van der Waals surface area (Å²) in [5.74, 6) is 2.99. The van der Waals surface area contributed by atoms with Crippen molar-refractivity contribution in [1.29, 1.82) is 0 Å². The SMILES string of the molecule is Cc1cc(Nc2cc(C)[nH]n2)nc(-c2ccc(N3CCC(C(=O)Nc4ccccc4)CC3)nc2)n1. The molecule has 5 rings (SSSR count). The highest BCUT2D eigenvalue weighted by atomic mass is 16.1. The number of hydrogen-bond acceptors (Lipinski definition) is 7. The molecule has 0 spiro atoms. The molecule has 1 aliphatic heterocycles. The molecule has 3 aromatic heterocycles. The number of aromatic nitrogens is 5. The van der Waals surface area contributed by atoms with Gasteiger partial charge in [0.25, 0.3) is 0 Å². The van der Waals surface area contributed by atoms with Gasteiger partial charge in [0.1, 0.15) is 11.6 Å². The van der Waals surface area contributed by atoms with Gasteiger partial charge >= 0.3 is 0 Å². The molecule has 4 aromatic rings. The molecule has 1 aromatic carbocycles. The number of H-pyrrole nitrogens is 1. The van der Waals surface area contributed by atoms with Crippen LogP contribution in [0.5, 0.6) is 0 Å². The van der Waals surface area contributed by atoms with E-state index in [9.17, 15) is 4.79 Å². The van der Waals surface area contributed by atoms with Crippen LogP contribution in [0.4, 0.5) is 23.1 Å². The van der Waals surface area contributed by atoms with Gasteiger partial charge in [0, 0.05) is 60.0 Å². The van der Waals surface area contributed by atoms with Crippen molar-refractivity contribution >= 4 is 29.0 Å². The van der Waals surface area contributed by atoms with Crippen LogP contribution >= 0.6 is 0 Å². The molecule has 9 nitrogen and oxygen atoms in total. The number of nitrogens with zero attached hydrogens (tertiary/aromatic N) is 5. The number of carbonyl (C=O) groups excluding carboxylic acids is 1. The van der Waals surface area contributed by atoms with Gasteiger partial charge in [-0.2, -0.15) is 5.10 Å². The molecule has 1 amide bonds. The molecule has 0 atom stereocenters. The van der Waals surface area contributed by atoms with Crippen LogP contribution in [0.15, 0.2) is 60.8 Å². The summed E-state index contributed by atoms with van der Waals surface area (Å²) >= 11 is 0. The number of benzene rings is 1. The number of amides is 1. The number of piperidine rings is 1. The van der Waals surface area contributed by atoms with Gasteiger partial charge in [-0.15, -0.1) is 0 Å². The Bertz CT molecular complexity index is 1290. The Balaban J connectivity index is 1.21. The van der Waals surface area contributed by atoms with E-state index < -0.39 is 0 Å². The van der Waals surface area contributed by atoms with Crippen LogP contribution in [0.1, 0.15) is 24.2 Å². The van der Waals surface area contributed by atoms with Crippen LogP contribution in [0, 0.1) is 19.8 Å². The second kappa shape index (κ2) is 9.92. The third-order valence-corrected chi connectivity index (χ3v) is 6.05. The van der Waals surface area contributed by atoms with E-state index >= 15 is 0 Å². The Morgan fingerprint density at radius 2 is 1.80 bits per heavy atom. The second-order valence-corrected chi connectivity index (χ2v) is 8.80. The standard InChI is InChI=1S/C26H28N8O/c1-17-14-22(30-23-15-18(2)32-33-23)31-25(28-17)20-8-9-24(27-16-20)34-12-10-19(11-13-34)26(35)29-21-6-4-3-5-7-21/h3-9,14-16,19H,10-13H2,1-2H3,(H,29,35)(H2,28,30,31,32,33). The number of carbonyl (C=O) groups is 1. The molecule has 1 saturated heterocycles.